The molecule has 0 radical (unpaired) electrons. The van der Waals surface area contributed by atoms with Crippen molar-refractivity contribution in [1.82, 2.24) is 5.32 Å². The molecule has 2 rings (SSSR count). The zero-order valence-corrected chi connectivity index (χ0v) is 11.2. The number of amides is 1. The van der Waals surface area contributed by atoms with Crippen LogP contribution in [0.25, 0.3) is 0 Å². The summed E-state index contributed by atoms with van der Waals surface area (Å²) in [6.07, 6.45) is 9.15. The van der Waals surface area contributed by atoms with Crippen LogP contribution in [0.1, 0.15) is 51.4 Å². The molecule has 2 fully saturated rings. The third-order valence-electron chi connectivity index (χ3n) is 4.40. The SMILES string of the molecule is NC1(C(=O)NCCC2CCCCC2)CCOCC1. The summed E-state index contributed by atoms with van der Waals surface area (Å²) in [6.45, 7) is 1.99. The van der Waals surface area contributed by atoms with Gasteiger partial charge in [0.25, 0.3) is 0 Å². The molecule has 0 aromatic carbocycles. The molecule has 0 atom stereocenters. The Morgan fingerprint density at radius 3 is 2.56 bits per heavy atom. The summed E-state index contributed by atoms with van der Waals surface area (Å²) in [5.74, 6) is 0.823. The molecule has 3 N–H and O–H groups in total. The maximum Gasteiger partial charge on any atom is 0.240 e. The van der Waals surface area contributed by atoms with E-state index in [0.717, 1.165) is 18.9 Å². The summed E-state index contributed by atoms with van der Waals surface area (Å²) in [4.78, 5) is 12.1. The van der Waals surface area contributed by atoms with Crippen molar-refractivity contribution in [2.24, 2.45) is 11.7 Å². The summed E-state index contributed by atoms with van der Waals surface area (Å²) < 4.78 is 5.25. The molecular weight excluding hydrogens is 228 g/mol. The Labute approximate surface area is 110 Å². The van der Waals surface area contributed by atoms with Crippen molar-refractivity contribution in [2.75, 3.05) is 19.8 Å². The van der Waals surface area contributed by atoms with Gasteiger partial charge in [0, 0.05) is 19.8 Å². The maximum atomic E-state index is 12.1. The van der Waals surface area contributed by atoms with Crippen molar-refractivity contribution in [1.29, 1.82) is 0 Å². The van der Waals surface area contributed by atoms with Gasteiger partial charge in [0.05, 0.1) is 5.54 Å². The Morgan fingerprint density at radius 2 is 1.89 bits per heavy atom. The standard InChI is InChI=1S/C14H26N2O2/c15-14(7-10-18-11-8-14)13(17)16-9-6-12-4-2-1-3-5-12/h12H,1-11,15H2,(H,16,17). The highest BCUT2D eigenvalue weighted by Crippen LogP contribution is 2.26. The van der Waals surface area contributed by atoms with Crippen LogP contribution in [0.3, 0.4) is 0 Å². The number of ether oxygens (including phenoxy) is 1. The first-order valence-corrected chi connectivity index (χ1v) is 7.36. The number of nitrogens with two attached hydrogens (primary N) is 1. The minimum atomic E-state index is -0.690. The van der Waals surface area contributed by atoms with Gasteiger partial charge in [-0.2, -0.15) is 0 Å². The van der Waals surface area contributed by atoms with Crippen molar-refractivity contribution < 1.29 is 9.53 Å². The molecule has 4 heteroatoms. The lowest BCUT2D eigenvalue weighted by molar-refractivity contribution is -0.129. The Balaban J connectivity index is 1.67. The van der Waals surface area contributed by atoms with E-state index in [9.17, 15) is 4.79 Å². The molecule has 4 nitrogen and oxygen atoms in total. The van der Waals surface area contributed by atoms with E-state index in [-0.39, 0.29) is 5.91 Å². The normalized spacial score (nSPS) is 24.7. The third-order valence-corrected chi connectivity index (χ3v) is 4.40. The average molecular weight is 254 g/mol. The minimum Gasteiger partial charge on any atom is -0.381 e. The molecule has 18 heavy (non-hydrogen) atoms. The van der Waals surface area contributed by atoms with E-state index < -0.39 is 5.54 Å². The Morgan fingerprint density at radius 1 is 1.22 bits per heavy atom. The Bertz CT molecular complexity index is 269. The summed E-state index contributed by atoms with van der Waals surface area (Å²) >= 11 is 0. The molecule has 1 amide bonds. The molecule has 1 saturated heterocycles. The summed E-state index contributed by atoms with van der Waals surface area (Å²) in [6, 6.07) is 0. The average Bonchev–Trinajstić information content (AvgIpc) is 2.41. The number of carbonyl (C=O) groups excluding carboxylic acids is 1. The van der Waals surface area contributed by atoms with E-state index in [0.29, 0.717) is 26.1 Å². The second kappa shape index (κ2) is 6.53. The Hall–Kier alpha value is -0.610. The van der Waals surface area contributed by atoms with Crippen molar-refractivity contribution >= 4 is 5.91 Å². The van der Waals surface area contributed by atoms with Gasteiger partial charge in [0.2, 0.25) is 5.91 Å². The molecule has 1 heterocycles. The van der Waals surface area contributed by atoms with Crippen molar-refractivity contribution in [3.63, 3.8) is 0 Å². The molecule has 104 valence electrons. The summed E-state index contributed by atoms with van der Waals surface area (Å²) in [5, 5.41) is 3.02. The fraction of sp³-hybridized carbons (Fsp3) is 0.929. The molecule has 0 bridgehead atoms. The lowest BCUT2D eigenvalue weighted by atomic mass is 9.86. The van der Waals surface area contributed by atoms with Crippen LogP contribution in [0.2, 0.25) is 0 Å². The van der Waals surface area contributed by atoms with E-state index in [1.165, 1.54) is 32.1 Å². The fourth-order valence-electron chi connectivity index (χ4n) is 3.00. The molecule has 1 saturated carbocycles. The first-order valence-electron chi connectivity index (χ1n) is 7.36. The van der Waals surface area contributed by atoms with Crippen LogP contribution >= 0.6 is 0 Å². The van der Waals surface area contributed by atoms with E-state index in [4.69, 9.17) is 10.5 Å². The van der Waals surface area contributed by atoms with Gasteiger partial charge in [-0.1, -0.05) is 32.1 Å². The van der Waals surface area contributed by atoms with Gasteiger partial charge in [-0.3, -0.25) is 4.79 Å². The quantitative estimate of drug-likeness (QED) is 0.800. The van der Waals surface area contributed by atoms with Gasteiger partial charge in [-0.15, -0.1) is 0 Å². The fourth-order valence-corrected chi connectivity index (χ4v) is 3.00. The van der Waals surface area contributed by atoms with Crippen LogP contribution in [0, 0.1) is 5.92 Å². The zero-order chi connectivity index (χ0) is 12.8. The van der Waals surface area contributed by atoms with Gasteiger partial charge in [0.1, 0.15) is 0 Å². The van der Waals surface area contributed by atoms with E-state index in [1.54, 1.807) is 0 Å². The highest BCUT2D eigenvalue weighted by Gasteiger charge is 2.35. The maximum absolute atomic E-state index is 12.1. The Kier molecular flexibility index (Phi) is 5.01. The first-order chi connectivity index (χ1) is 8.71. The van der Waals surface area contributed by atoms with Gasteiger partial charge >= 0.3 is 0 Å². The van der Waals surface area contributed by atoms with Crippen LogP contribution < -0.4 is 11.1 Å². The van der Waals surface area contributed by atoms with Gasteiger partial charge < -0.3 is 15.8 Å². The minimum absolute atomic E-state index is 0.0154. The number of nitrogens with one attached hydrogen (secondary N) is 1. The van der Waals surface area contributed by atoms with E-state index in [2.05, 4.69) is 5.32 Å². The van der Waals surface area contributed by atoms with Crippen molar-refractivity contribution in [3.05, 3.63) is 0 Å². The van der Waals surface area contributed by atoms with Crippen molar-refractivity contribution in [3.8, 4) is 0 Å². The number of carbonyl (C=O) groups is 1. The number of rotatable bonds is 4. The molecule has 0 spiro atoms. The van der Waals surface area contributed by atoms with Gasteiger partial charge in [-0.05, 0) is 25.2 Å². The second-order valence-electron chi connectivity index (χ2n) is 5.82. The lowest BCUT2D eigenvalue weighted by Gasteiger charge is -2.32. The highest BCUT2D eigenvalue weighted by molar-refractivity contribution is 5.86. The molecule has 0 unspecified atom stereocenters. The van der Waals surface area contributed by atoms with E-state index in [1.807, 2.05) is 0 Å². The molecule has 1 aliphatic heterocycles. The van der Waals surface area contributed by atoms with E-state index >= 15 is 0 Å². The first kappa shape index (κ1) is 13.8. The summed E-state index contributed by atoms with van der Waals surface area (Å²) in [5.41, 5.74) is 5.44. The number of hydrogen-bond acceptors (Lipinski definition) is 3. The van der Waals surface area contributed by atoms with Gasteiger partial charge in [-0.25, -0.2) is 0 Å². The largest absolute Gasteiger partial charge is 0.381 e. The second-order valence-corrected chi connectivity index (χ2v) is 5.82. The van der Waals surface area contributed by atoms with Crippen LogP contribution in [0.15, 0.2) is 0 Å². The predicted molar refractivity (Wildman–Crippen MR) is 71.2 cm³/mol. The lowest BCUT2D eigenvalue weighted by Crippen LogP contribution is -2.57. The predicted octanol–water partition coefficient (Wildman–Crippen LogP) is 1.58. The molecule has 1 aliphatic carbocycles. The molecular formula is C14H26N2O2. The number of hydrogen-bond donors (Lipinski definition) is 2. The molecule has 2 aliphatic rings. The molecule has 0 aromatic heterocycles. The highest BCUT2D eigenvalue weighted by atomic mass is 16.5. The topological polar surface area (TPSA) is 64.4 Å². The van der Waals surface area contributed by atoms with Crippen LogP contribution in [0.4, 0.5) is 0 Å². The smallest absolute Gasteiger partial charge is 0.240 e. The van der Waals surface area contributed by atoms with Crippen molar-refractivity contribution in [2.45, 2.75) is 56.9 Å². The third kappa shape index (κ3) is 3.69. The molecule has 0 aromatic rings. The van der Waals surface area contributed by atoms with Gasteiger partial charge in [0.15, 0.2) is 0 Å². The monoisotopic (exact) mass is 254 g/mol. The van der Waals surface area contributed by atoms with Crippen LogP contribution in [-0.4, -0.2) is 31.2 Å². The van der Waals surface area contributed by atoms with Crippen LogP contribution in [0.5, 0.6) is 0 Å². The zero-order valence-electron chi connectivity index (χ0n) is 11.2. The summed E-state index contributed by atoms with van der Waals surface area (Å²) in [7, 11) is 0. The van der Waals surface area contributed by atoms with Crippen LogP contribution in [-0.2, 0) is 9.53 Å².